The first-order chi connectivity index (χ1) is 9.84. The van der Waals surface area contributed by atoms with Crippen LogP contribution < -0.4 is 4.90 Å². The molecule has 0 atom stereocenters. The summed E-state index contributed by atoms with van der Waals surface area (Å²) in [6.07, 6.45) is 0. The van der Waals surface area contributed by atoms with E-state index in [9.17, 15) is 4.79 Å². The minimum absolute atomic E-state index is 0.187. The molecule has 1 amide bonds. The van der Waals surface area contributed by atoms with Crippen molar-refractivity contribution >= 4 is 35.1 Å². The van der Waals surface area contributed by atoms with Crippen LogP contribution in [0.2, 0.25) is 0 Å². The number of benzene rings is 2. The topological polar surface area (TPSA) is 20.3 Å². The average molecular weight is 301 g/mol. The highest BCUT2D eigenvalue weighted by Gasteiger charge is 2.22. The largest absolute Gasteiger partial charge is 0.310 e. The van der Waals surface area contributed by atoms with E-state index in [0.29, 0.717) is 5.75 Å². The third-order valence-electron chi connectivity index (χ3n) is 3.14. The SMILES string of the molecule is O=C(CSc1ccccc1)N1CCSc2ccccc21. The molecule has 102 valence electrons. The molecule has 1 heterocycles. The second kappa shape index (κ2) is 6.37. The Morgan fingerprint density at radius 3 is 2.70 bits per heavy atom. The number of hydrogen-bond acceptors (Lipinski definition) is 3. The van der Waals surface area contributed by atoms with Crippen LogP contribution in [0.25, 0.3) is 0 Å². The molecule has 0 unspecified atom stereocenters. The van der Waals surface area contributed by atoms with Crippen molar-refractivity contribution in [2.24, 2.45) is 0 Å². The highest BCUT2D eigenvalue weighted by Crippen LogP contribution is 2.34. The van der Waals surface area contributed by atoms with Crippen LogP contribution in [0.4, 0.5) is 5.69 Å². The van der Waals surface area contributed by atoms with E-state index in [1.807, 2.05) is 65.2 Å². The van der Waals surface area contributed by atoms with Crippen LogP contribution in [-0.2, 0) is 4.79 Å². The number of thioether (sulfide) groups is 2. The zero-order valence-corrected chi connectivity index (χ0v) is 12.6. The van der Waals surface area contributed by atoms with Gasteiger partial charge in [0, 0.05) is 22.1 Å². The summed E-state index contributed by atoms with van der Waals surface area (Å²) in [5, 5.41) is 0. The lowest BCUT2D eigenvalue weighted by Crippen LogP contribution is -2.36. The summed E-state index contributed by atoms with van der Waals surface area (Å²) in [4.78, 5) is 16.7. The molecule has 0 saturated carbocycles. The molecule has 0 spiro atoms. The second-order valence-corrected chi connectivity index (χ2v) is 6.65. The van der Waals surface area contributed by atoms with Gasteiger partial charge in [-0.05, 0) is 24.3 Å². The molecule has 4 heteroatoms. The Hall–Kier alpha value is -1.39. The maximum atomic E-state index is 12.4. The summed E-state index contributed by atoms with van der Waals surface area (Å²) in [6, 6.07) is 18.2. The van der Waals surface area contributed by atoms with E-state index in [0.717, 1.165) is 22.9 Å². The minimum atomic E-state index is 0.187. The third-order valence-corrected chi connectivity index (χ3v) is 5.17. The summed E-state index contributed by atoms with van der Waals surface area (Å²) >= 11 is 3.42. The van der Waals surface area contributed by atoms with Gasteiger partial charge in [0.25, 0.3) is 0 Å². The Morgan fingerprint density at radius 1 is 1.10 bits per heavy atom. The van der Waals surface area contributed by atoms with Crippen molar-refractivity contribution in [3.05, 3.63) is 54.6 Å². The quantitative estimate of drug-likeness (QED) is 0.802. The molecule has 0 aromatic heterocycles. The van der Waals surface area contributed by atoms with Gasteiger partial charge >= 0.3 is 0 Å². The summed E-state index contributed by atoms with van der Waals surface area (Å²) in [5.74, 6) is 1.65. The molecule has 2 nitrogen and oxygen atoms in total. The number of carbonyl (C=O) groups excluding carboxylic acids is 1. The zero-order chi connectivity index (χ0) is 13.8. The number of amides is 1. The number of fused-ring (bicyclic) bond motifs is 1. The molecular weight excluding hydrogens is 286 g/mol. The lowest BCUT2D eigenvalue weighted by atomic mass is 10.3. The van der Waals surface area contributed by atoms with Crippen LogP contribution in [0.15, 0.2) is 64.4 Å². The third kappa shape index (κ3) is 3.02. The zero-order valence-electron chi connectivity index (χ0n) is 11.0. The Bertz CT molecular complexity index is 600. The van der Waals surface area contributed by atoms with Gasteiger partial charge in [-0.25, -0.2) is 0 Å². The molecule has 0 fully saturated rings. The second-order valence-electron chi connectivity index (χ2n) is 4.46. The van der Waals surface area contributed by atoms with E-state index < -0.39 is 0 Å². The van der Waals surface area contributed by atoms with Gasteiger partial charge in [-0.15, -0.1) is 23.5 Å². The van der Waals surface area contributed by atoms with Gasteiger partial charge in [0.15, 0.2) is 0 Å². The molecule has 0 N–H and O–H groups in total. The Morgan fingerprint density at radius 2 is 1.85 bits per heavy atom. The molecule has 0 bridgehead atoms. The smallest absolute Gasteiger partial charge is 0.237 e. The molecular formula is C16H15NOS2. The predicted octanol–water partition coefficient (Wildman–Crippen LogP) is 3.92. The van der Waals surface area contributed by atoms with Crippen molar-refractivity contribution in [1.82, 2.24) is 0 Å². The Labute approximate surface area is 127 Å². The van der Waals surface area contributed by atoms with Crippen molar-refractivity contribution in [2.45, 2.75) is 9.79 Å². The van der Waals surface area contributed by atoms with Gasteiger partial charge in [-0.1, -0.05) is 30.3 Å². The van der Waals surface area contributed by atoms with Gasteiger partial charge in [-0.2, -0.15) is 0 Å². The van der Waals surface area contributed by atoms with Crippen LogP contribution in [0, 0.1) is 0 Å². The van der Waals surface area contributed by atoms with Crippen molar-refractivity contribution in [3.8, 4) is 0 Å². The Balaban J connectivity index is 1.69. The van der Waals surface area contributed by atoms with Crippen molar-refractivity contribution < 1.29 is 4.79 Å². The van der Waals surface area contributed by atoms with Gasteiger partial charge in [0.05, 0.1) is 11.4 Å². The number of carbonyl (C=O) groups is 1. The maximum absolute atomic E-state index is 12.4. The van der Waals surface area contributed by atoms with E-state index in [-0.39, 0.29) is 5.91 Å². The first kappa shape index (κ1) is 13.6. The maximum Gasteiger partial charge on any atom is 0.237 e. The van der Waals surface area contributed by atoms with Gasteiger partial charge in [0.1, 0.15) is 0 Å². The molecule has 1 aliphatic rings. The van der Waals surface area contributed by atoms with Crippen LogP contribution in [0.1, 0.15) is 0 Å². The van der Waals surface area contributed by atoms with E-state index in [4.69, 9.17) is 0 Å². The van der Waals surface area contributed by atoms with E-state index in [1.54, 1.807) is 11.8 Å². The van der Waals surface area contributed by atoms with Crippen LogP contribution in [0.5, 0.6) is 0 Å². The summed E-state index contributed by atoms with van der Waals surface area (Å²) in [6.45, 7) is 0.801. The number of para-hydroxylation sites is 1. The van der Waals surface area contributed by atoms with Gasteiger partial charge in [-0.3, -0.25) is 4.79 Å². The summed E-state index contributed by atoms with van der Waals surface area (Å²) in [7, 11) is 0. The van der Waals surface area contributed by atoms with Gasteiger partial charge < -0.3 is 4.90 Å². The first-order valence-corrected chi connectivity index (χ1v) is 8.52. The normalized spacial score (nSPS) is 13.9. The molecule has 20 heavy (non-hydrogen) atoms. The average Bonchev–Trinajstić information content (AvgIpc) is 2.53. The van der Waals surface area contributed by atoms with Crippen LogP contribution >= 0.6 is 23.5 Å². The van der Waals surface area contributed by atoms with Crippen LogP contribution in [0.3, 0.4) is 0 Å². The van der Waals surface area contributed by atoms with E-state index in [2.05, 4.69) is 6.07 Å². The lowest BCUT2D eigenvalue weighted by Gasteiger charge is -2.28. The molecule has 0 saturated heterocycles. The minimum Gasteiger partial charge on any atom is -0.310 e. The summed E-state index contributed by atoms with van der Waals surface area (Å²) < 4.78 is 0. The van der Waals surface area contributed by atoms with Crippen molar-refractivity contribution in [2.75, 3.05) is 23.0 Å². The molecule has 2 aromatic carbocycles. The van der Waals surface area contributed by atoms with Crippen molar-refractivity contribution in [1.29, 1.82) is 0 Å². The van der Waals surface area contributed by atoms with Crippen molar-refractivity contribution in [3.63, 3.8) is 0 Å². The van der Waals surface area contributed by atoms with E-state index in [1.165, 1.54) is 4.90 Å². The standard InChI is InChI=1S/C16H15NOS2/c18-16(12-20-13-6-2-1-3-7-13)17-10-11-19-15-9-5-4-8-14(15)17/h1-9H,10-12H2. The highest BCUT2D eigenvalue weighted by atomic mass is 32.2. The molecule has 0 aliphatic carbocycles. The molecule has 3 rings (SSSR count). The van der Waals surface area contributed by atoms with Crippen LogP contribution in [-0.4, -0.2) is 24.0 Å². The molecule has 2 aromatic rings. The fourth-order valence-corrected chi connectivity index (χ4v) is 3.96. The monoisotopic (exact) mass is 301 g/mol. The number of rotatable bonds is 3. The summed E-state index contributed by atoms with van der Waals surface area (Å²) in [5.41, 5.74) is 1.06. The highest BCUT2D eigenvalue weighted by molar-refractivity contribution is 8.00. The number of anilines is 1. The number of hydrogen-bond donors (Lipinski definition) is 0. The predicted molar refractivity (Wildman–Crippen MR) is 86.7 cm³/mol. The van der Waals surface area contributed by atoms with E-state index >= 15 is 0 Å². The molecule has 0 radical (unpaired) electrons. The lowest BCUT2D eigenvalue weighted by molar-refractivity contribution is -0.116. The number of nitrogens with zero attached hydrogens (tertiary/aromatic N) is 1. The molecule has 1 aliphatic heterocycles. The first-order valence-electron chi connectivity index (χ1n) is 6.54. The fraction of sp³-hybridized carbons (Fsp3) is 0.188. The van der Waals surface area contributed by atoms with Gasteiger partial charge in [0.2, 0.25) is 5.91 Å². The fourth-order valence-electron chi connectivity index (χ4n) is 2.17. The Kier molecular flexibility index (Phi) is 4.33.